The highest BCUT2D eigenvalue weighted by Gasteiger charge is 2.62. The van der Waals surface area contributed by atoms with Crippen LogP contribution in [0.5, 0.6) is 0 Å². The molecule has 0 aromatic heterocycles. The number of nitrogens with zero attached hydrogens (tertiary/aromatic N) is 2. The van der Waals surface area contributed by atoms with E-state index in [-0.39, 0.29) is 51.6 Å². The van der Waals surface area contributed by atoms with Crippen molar-refractivity contribution in [2.45, 2.75) is 132 Å². The van der Waals surface area contributed by atoms with Crippen molar-refractivity contribution >= 4 is 51.9 Å². The van der Waals surface area contributed by atoms with Gasteiger partial charge in [-0.2, -0.15) is 0 Å². The molecule has 0 spiro atoms. The number of nitrogens with one attached hydrogen (secondary N) is 4. The number of alkyl carbamates (subject to hydrolysis) is 1. The van der Waals surface area contributed by atoms with E-state index in [0.717, 1.165) is 36.0 Å². The standard InChI is InChI=1S/C42H56N6O11S/c1-5-28-20-42(28,38(52)46-60(55,56)30-16-17-30)45-36(50)33-19-29-22-48(33)37(51)34(26-11-7-6-8-12-26)44-35(49)32(43-39(53)59-41(2,3)4)24-57-18-10-15-25-13-9-14-27-21-47(23-31(25)27)40(54)58-29/h5,9-10,13-15,26,28-30,32-34H,1,6-8,11-12,16-24H2,2-4H3,(H,43,53)(H,44,49)(H,45,50)(H,46,52)/b15-10-/t28-,29-,32+,33+,34+,42-/m1/s1. The third-order valence-electron chi connectivity index (χ3n) is 12.1. The topological polar surface area (TPSA) is 219 Å². The Hall–Kier alpha value is -4.97. The highest BCUT2D eigenvalue weighted by Crippen LogP contribution is 2.45. The van der Waals surface area contributed by atoms with Crippen molar-refractivity contribution < 1.29 is 51.4 Å². The van der Waals surface area contributed by atoms with E-state index in [0.29, 0.717) is 25.7 Å². The molecule has 0 radical (unpaired) electrons. The fourth-order valence-corrected chi connectivity index (χ4v) is 10.1. The van der Waals surface area contributed by atoms with Gasteiger partial charge in [-0.3, -0.25) is 28.8 Å². The average Bonchev–Trinajstić information content (AvgIpc) is 4.09. The van der Waals surface area contributed by atoms with Crippen LogP contribution in [0.15, 0.2) is 36.9 Å². The summed E-state index contributed by atoms with van der Waals surface area (Å²) in [5.74, 6) is -3.85. The van der Waals surface area contributed by atoms with Crippen LogP contribution in [-0.4, -0.2) is 114 Å². The normalized spacial score (nSPS) is 29.5. The summed E-state index contributed by atoms with van der Waals surface area (Å²) in [6, 6.07) is 2.01. The number of ether oxygens (including phenoxy) is 3. The van der Waals surface area contributed by atoms with Gasteiger partial charge in [-0.15, -0.1) is 6.58 Å². The second-order valence-electron chi connectivity index (χ2n) is 17.8. The van der Waals surface area contributed by atoms with E-state index in [2.05, 4.69) is 27.3 Å². The molecule has 6 aliphatic rings. The van der Waals surface area contributed by atoms with Gasteiger partial charge in [-0.05, 0) is 75.5 Å². The fourth-order valence-electron chi connectivity index (χ4n) is 8.69. The zero-order chi connectivity index (χ0) is 43.0. The van der Waals surface area contributed by atoms with Crippen LogP contribution in [0, 0.1) is 11.8 Å². The van der Waals surface area contributed by atoms with Crippen molar-refractivity contribution in [1.82, 2.24) is 30.5 Å². The van der Waals surface area contributed by atoms with Gasteiger partial charge in [0.15, 0.2) is 0 Å². The second kappa shape index (κ2) is 17.2. The molecule has 3 saturated carbocycles. The lowest BCUT2D eigenvalue weighted by Gasteiger charge is -2.35. The first-order valence-electron chi connectivity index (χ1n) is 20.9. The molecule has 17 nitrogen and oxygen atoms in total. The van der Waals surface area contributed by atoms with Crippen molar-refractivity contribution in [3.05, 3.63) is 53.6 Å². The summed E-state index contributed by atoms with van der Waals surface area (Å²) in [6.07, 6.45) is 7.22. The molecule has 326 valence electrons. The molecule has 4 N–H and O–H groups in total. The van der Waals surface area contributed by atoms with Gasteiger partial charge in [0.05, 0.1) is 31.6 Å². The molecule has 60 heavy (non-hydrogen) atoms. The summed E-state index contributed by atoms with van der Waals surface area (Å²) >= 11 is 0. The van der Waals surface area contributed by atoms with Crippen LogP contribution in [0.25, 0.3) is 6.08 Å². The maximum Gasteiger partial charge on any atom is 0.410 e. The van der Waals surface area contributed by atoms with Crippen LogP contribution in [0.4, 0.5) is 9.59 Å². The lowest BCUT2D eigenvalue weighted by molar-refractivity contribution is -0.144. The Balaban J connectivity index is 1.21. The molecular formula is C42H56N6O11S. The number of carbonyl (C=O) groups excluding carboxylic acids is 6. The van der Waals surface area contributed by atoms with Crippen molar-refractivity contribution in [2.75, 3.05) is 19.8 Å². The maximum absolute atomic E-state index is 15.0. The van der Waals surface area contributed by atoms with Crippen molar-refractivity contribution in [3.63, 3.8) is 0 Å². The van der Waals surface area contributed by atoms with E-state index in [1.54, 1.807) is 31.7 Å². The maximum atomic E-state index is 15.0. The van der Waals surface area contributed by atoms with Gasteiger partial charge in [0, 0.05) is 18.9 Å². The number of hydrogen-bond acceptors (Lipinski definition) is 11. The van der Waals surface area contributed by atoms with Crippen LogP contribution < -0.4 is 20.7 Å². The van der Waals surface area contributed by atoms with E-state index >= 15 is 0 Å². The number of benzene rings is 1. The summed E-state index contributed by atoms with van der Waals surface area (Å²) in [5.41, 5.74) is 0.201. The van der Waals surface area contributed by atoms with E-state index in [1.807, 2.05) is 24.3 Å². The Morgan fingerprint density at radius 2 is 1.80 bits per heavy atom. The summed E-state index contributed by atoms with van der Waals surface area (Å²) in [6.45, 7) is 9.00. The van der Waals surface area contributed by atoms with Gasteiger partial charge < -0.3 is 35.1 Å². The van der Waals surface area contributed by atoms with Crippen LogP contribution in [0.1, 0.15) is 95.2 Å². The van der Waals surface area contributed by atoms with Gasteiger partial charge in [-0.1, -0.05) is 55.7 Å². The van der Waals surface area contributed by atoms with Crippen LogP contribution >= 0.6 is 0 Å². The molecule has 4 bridgehead atoms. The molecule has 18 heteroatoms. The van der Waals surface area contributed by atoms with Gasteiger partial charge in [-0.25, -0.2) is 18.0 Å². The molecule has 4 fully saturated rings. The van der Waals surface area contributed by atoms with Crippen molar-refractivity contribution in [1.29, 1.82) is 0 Å². The molecule has 6 amide bonds. The summed E-state index contributed by atoms with van der Waals surface area (Å²) in [7, 11) is -3.95. The largest absolute Gasteiger partial charge is 0.444 e. The predicted octanol–water partition coefficient (Wildman–Crippen LogP) is 2.78. The quantitative estimate of drug-likeness (QED) is 0.279. The number of fused-ring (bicyclic) bond motifs is 3. The predicted molar refractivity (Wildman–Crippen MR) is 217 cm³/mol. The van der Waals surface area contributed by atoms with Gasteiger partial charge in [0.1, 0.15) is 35.4 Å². The zero-order valence-corrected chi connectivity index (χ0v) is 35.2. The smallest absolute Gasteiger partial charge is 0.410 e. The van der Waals surface area contributed by atoms with Crippen molar-refractivity contribution in [3.8, 4) is 0 Å². The molecular weight excluding hydrogens is 797 g/mol. The first kappa shape index (κ1) is 43.1. The average molecular weight is 853 g/mol. The van der Waals surface area contributed by atoms with E-state index in [9.17, 15) is 37.2 Å². The van der Waals surface area contributed by atoms with Crippen molar-refractivity contribution in [2.24, 2.45) is 11.8 Å². The lowest BCUT2D eigenvalue weighted by atomic mass is 9.83. The molecule has 6 atom stereocenters. The molecule has 3 heterocycles. The SMILES string of the molecule is C=C[C@@H]1C[C@]1(NC(=O)[C@@H]1C[C@@H]2CN1C(=O)[C@H](C1CCCCC1)NC(=O)[C@@H](NC(=O)OC(C)(C)C)COC/C=C\c1cccc3c1CN(C3)C(=O)O2)C(=O)NS(=O)(=O)C1CC1. The van der Waals surface area contributed by atoms with E-state index in [4.69, 9.17) is 14.2 Å². The third kappa shape index (κ3) is 9.64. The minimum atomic E-state index is -3.95. The highest BCUT2D eigenvalue weighted by atomic mass is 32.2. The van der Waals surface area contributed by atoms with Crippen LogP contribution in [0.3, 0.4) is 0 Å². The molecule has 3 aliphatic carbocycles. The lowest BCUT2D eigenvalue weighted by Crippen LogP contribution is -2.61. The number of carbonyl (C=O) groups is 6. The number of amides is 6. The molecule has 7 rings (SSSR count). The minimum Gasteiger partial charge on any atom is -0.444 e. The Kier molecular flexibility index (Phi) is 12.4. The van der Waals surface area contributed by atoms with Gasteiger partial charge in [0.2, 0.25) is 27.7 Å². The Labute approximate surface area is 350 Å². The van der Waals surface area contributed by atoms with Crippen LogP contribution in [-0.2, 0) is 56.5 Å². The van der Waals surface area contributed by atoms with Crippen LogP contribution in [0.2, 0.25) is 0 Å². The third-order valence-corrected chi connectivity index (χ3v) is 13.9. The fraction of sp³-hybridized carbons (Fsp3) is 0.619. The number of hydrogen-bond donors (Lipinski definition) is 4. The summed E-state index contributed by atoms with van der Waals surface area (Å²) in [5, 5.41) is 7.59. The Morgan fingerprint density at radius 3 is 2.48 bits per heavy atom. The summed E-state index contributed by atoms with van der Waals surface area (Å²) in [4.78, 5) is 86.9. The van der Waals surface area contributed by atoms with Gasteiger partial charge >= 0.3 is 12.2 Å². The molecule has 3 aliphatic heterocycles. The molecule has 1 aromatic rings. The number of sulfonamides is 1. The first-order valence-corrected chi connectivity index (χ1v) is 22.4. The second-order valence-corrected chi connectivity index (χ2v) is 19.8. The zero-order valence-electron chi connectivity index (χ0n) is 34.4. The monoisotopic (exact) mass is 852 g/mol. The summed E-state index contributed by atoms with van der Waals surface area (Å²) < 4.78 is 45.1. The first-order chi connectivity index (χ1) is 28.5. The van der Waals surface area contributed by atoms with E-state index < -0.39 is 92.4 Å². The Morgan fingerprint density at radius 1 is 1.05 bits per heavy atom. The minimum absolute atomic E-state index is 0.0746. The molecule has 1 saturated heterocycles. The van der Waals surface area contributed by atoms with E-state index in [1.165, 1.54) is 11.0 Å². The Bertz CT molecular complexity index is 2040. The van der Waals surface area contributed by atoms with Gasteiger partial charge in [0.25, 0.3) is 5.91 Å². The highest BCUT2D eigenvalue weighted by molar-refractivity contribution is 7.91. The number of rotatable bonds is 8. The molecule has 1 aromatic carbocycles. The molecule has 0 unspecified atom stereocenters.